The van der Waals surface area contributed by atoms with E-state index in [0.717, 1.165) is 24.5 Å². The van der Waals surface area contributed by atoms with Gasteiger partial charge in [0.05, 0.1) is 37.9 Å². The van der Waals surface area contributed by atoms with Crippen molar-refractivity contribution in [2.24, 2.45) is 41.4 Å². The zero-order chi connectivity index (χ0) is 77.4. The summed E-state index contributed by atoms with van der Waals surface area (Å²) in [5.74, 6) is -20.2. The summed E-state index contributed by atoms with van der Waals surface area (Å²) in [4.78, 5) is 186. The highest BCUT2D eigenvalue weighted by atomic mass is 35.5. The van der Waals surface area contributed by atoms with Crippen LogP contribution in [0.5, 0.6) is 0 Å². The van der Waals surface area contributed by atoms with Crippen LogP contribution in [0.25, 0.3) is 0 Å². The molecule has 3 saturated heterocycles. The minimum Gasteiger partial charge on any atom is -0.347 e. The number of carbonyl (C=O) groups excluding carboxylic acids is 12. The third-order valence-electron chi connectivity index (χ3n) is 23.0. The van der Waals surface area contributed by atoms with Crippen LogP contribution in [0.4, 0.5) is 35.1 Å². The maximum atomic E-state index is 16.1. The molecule has 4 aliphatic carbocycles. The molecule has 0 aromatic carbocycles. The Hall–Kier alpha value is -6.63. The molecule has 33 heteroatoms. The van der Waals surface area contributed by atoms with Gasteiger partial charge in [0, 0.05) is 67.2 Å². The van der Waals surface area contributed by atoms with Crippen molar-refractivity contribution < 1.29 is 92.7 Å². The number of nitrogens with zero attached hydrogens (tertiary/aromatic N) is 8. The molecule has 588 valence electrons. The summed E-state index contributed by atoms with van der Waals surface area (Å²) in [5.41, 5.74) is -1.84. The number of fused-ring (bicyclic) bond motifs is 2. The lowest BCUT2D eigenvalue weighted by Gasteiger charge is -2.46. The fraction of sp³-hybridized carbons (Fsp3) is 0.831. The van der Waals surface area contributed by atoms with Gasteiger partial charge in [-0.2, -0.15) is 26.3 Å². The lowest BCUT2D eigenvalue weighted by Crippen LogP contribution is -2.68. The molecule has 7 rings (SSSR count). The van der Waals surface area contributed by atoms with Gasteiger partial charge in [-0.1, -0.05) is 53.9 Å². The molecule has 3 unspecified atom stereocenters. The number of amides is 12. The highest BCUT2D eigenvalue weighted by molar-refractivity contribution is 6.21. The minimum absolute atomic E-state index is 0.000278. The molecular weight excluding hydrogens is 1400 g/mol. The summed E-state index contributed by atoms with van der Waals surface area (Å²) in [6.07, 6.45) is -9.89. The zero-order valence-corrected chi connectivity index (χ0v) is 62.7. The molecule has 7 fully saturated rings. The van der Waals surface area contributed by atoms with Crippen LogP contribution in [0.15, 0.2) is 0 Å². The maximum Gasteiger partial charge on any atom is 0.393 e. The van der Waals surface area contributed by atoms with Gasteiger partial charge in [-0.25, -0.2) is 8.78 Å². The first-order chi connectivity index (χ1) is 48.5. The highest BCUT2D eigenvalue weighted by Crippen LogP contribution is 2.45. The van der Waals surface area contributed by atoms with Gasteiger partial charge in [0.1, 0.15) is 53.9 Å². The van der Waals surface area contributed by atoms with Crippen LogP contribution < -0.4 is 21.3 Å². The van der Waals surface area contributed by atoms with Crippen molar-refractivity contribution in [3.05, 3.63) is 0 Å². The second-order valence-electron chi connectivity index (χ2n) is 31.3. The van der Waals surface area contributed by atoms with Crippen molar-refractivity contribution in [1.82, 2.24) is 60.5 Å². The smallest absolute Gasteiger partial charge is 0.347 e. The van der Waals surface area contributed by atoms with Crippen molar-refractivity contribution in [2.45, 2.75) is 260 Å². The van der Waals surface area contributed by atoms with E-state index in [-0.39, 0.29) is 109 Å². The van der Waals surface area contributed by atoms with Gasteiger partial charge in [-0.05, 0) is 145 Å². The highest BCUT2D eigenvalue weighted by Gasteiger charge is 2.57. The quantitative estimate of drug-likeness (QED) is 0.115. The van der Waals surface area contributed by atoms with E-state index >= 15 is 32.8 Å². The Bertz CT molecular complexity index is 3110. The van der Waals surface area contributed by atoms with E-state index in [0.29, 0.717) is 43.4 Å². The predicted molar refractivity (Wildman–Crippen MR) is 366 cm³/mol. The van der Waals surface area contributed by atoms with Gasteiger partial charge < -0.3 is 60.5 Å². The predicted octanol–water partition coefficient (Wildman–Crippen LogP) is 6.39. The number of halogens is 9. The molecule has 12 atom stereocenters. The fourth-order valence-electron chi connectivity index (χ4n) is 16.3. The number of rotatable bonds is 13. The second-order valence-corrected chi connectivity index (χ2v) is 31.8. The topological polar surface area (TPSA) is 279 Å². The Morgan fingerprint density at radius 1 is 0.654 bits per heavy atom. The SMILES string of the molecule is CCCN1C(=O)[C@@H]2CCN2C(=O)CN(C)C(=O)[C@H]([C@@H](C)CC)NC(=O)[C@H](CC(C)C)N(C)C(=O)C[C@@H](C(=O)N(C)C)NC(=O)[C@H](C2CCCC2)N(C)C(=O)C2(CCC2)NC(=O)[C@@H]2CC(F)(F)CN2C(=O)[C@H](CCC2CCC(C(F)(F)F)C(Cl)C2)NC(=O)CN(C)C(=O)[C@@H]1CC1CCC(C(F)(F)F)CC1. The molecule has 0 aromatic rings. The minimum atomic E-state index is -4.63. The van der Waals surface area contributed by atoms with E-state index in [4.69, 9.17) is 11.6 Å². The molecule has 0 aromatic heterocycles. The van der Waals surface area contributed by atoms with Gasteiger partial charge in [-0.3, -0.25) is 57.5 Å². The van der Waals surface area contributed by atoms with Gasteiger partial charge in [-0.15, -0.1) is 11.6 Å². The Kier molecular flexibility index (Phi) is 28.8. The number of carbonyl (C=O) groups is 12. The van der Waals surface area contributed by atoms with Gasteiger partial charge in [0.15, 0.2) is 0 Å². The summed E-state index contributed by atoms with van der Waals surface area (Å²) < 4.78 is 116. The van der Waals surface area contributed by atoms with Crippen molar-refractivity contribution in [2.75, 3.05) is 75.0 Å². The Morgan fingerprint density at radius 3 is 1.82 bits per heavy atom. The summed E-state index contributed by atoms with van der Waals surface area (Å²) in [5, 5.41) is 9.38. The Morgan fingerprint density at radius 2 is 1.28 bits per heavy atom. The summed E-state index contributed by atoms with van der Waals surface area (Å²) in [6.45, 7) is 5.78. The maximum absolute atomic E-state index is 16.1. The van der Waals surface area contributed by atoms with Crippen LogP contribution in [0.3, 0.4) is 0 Å². The molecule has 4 N–H and O–H groups in total. The van der Waals surface area contributed by atoms with Gasteiger partial charge >= 0.3 is 12.4 Å². The van der Waals surface area contributed by atoms with Crippen molar-refractivity contribution in [1.29, 1.82) is 0 Å². The van der Waals surface area contributed by atoms with Crippen LogP contribution in [0.2, 0.25) is 0 Å². The van der Waals surface area contributed by atoms with Crippen molar-refractivity contribution in [3.8, 4) is 0 Å². The molecule has 4 saturated carbocycles. The lowest BCUT2D eigenvalue weighted by molar-refractivity contribution is -0.184. The van der Waals surface area contributed by atoms with E-state index < -0.39 is 223 Å². The first-order valence-corrected chi connectivity index (χ1v) is 37.5. The number of hydrogen-bond donors (Lipinski definition) is 4. The average molecular weight is 1510 g/mol. The van der Waals surface area contributed by atoms with E-state index in [2.05, 4.69) is 21.3 Å². The number of nitrogens with one attached hydrogen (secondary N) is 4. The molecular formula is C71H109ClF8N12O12. The Labute approximate surface area is 609 Å². The summed E-state index contributed by atoms with van der Waals surface area (Å²) in [6, 6.07) is -12.0. The van der Waals surface area contributed by atoms with E-state index in [1.807, 2.05) is 0 Å². The average Bonchev–Trinajstić information content (AvgIpc) is 1.72. The summed E-state index contributed by atoms with van der Waals surface area (Å²) >= 11 is 6.33. The van der Waals surface area contributed by atoms with Crippen LogP contribution in [-0.4, -0.2) is 263 Å². The van der Waals surface area contributed by atoms with Crippen molar-refractivity contribution in [3.63, 3.8) is 0 Å². The summed E-state index contributed by atoms with van der Waals surface area (Å²) in [7, 11) is 7.98. The number of likely N-dealkylation sites (N-methyl/N-ethyl adjacent to an activating group) is 5. The second kappa shape index (κ2) is 35.4. The molecule has 3 heterocycles. The molecule has 24 nitrogen and oxygen atoms in total. The molecule has 7 aliphatic rings. The number of alkyl halides is 9. The van der Waals surface area contributed by atoms with Crippen LogP contribution in [0, 0.1) is 41.4 Å². The van der Waals surface area contributed by atoms with Crippen LogP contribution in [0.1, 0.15) is 182 Å². The Balaban J connectivity index is 1.29. The van der Waals surface area contributed by atoms with E-state index in [9.17, 15) is 59.9 Å². The molecule has 0 bridgehead atoms. The molecule has 104 heavy (non-hydrogen) atoms. The van der Waals surface area contributed by atoms with E-state index in [1.54, 1.807) is 34.6 Å². The van der Waals surface area contributed by atoms with Gasteiger partial charge in [0.25, 0.3) is 5.92 Å². The normalized spacial score (nSPS) is 31.2. The zero-order valence-electron chi connectivity index (χ0n) is 61.9. The monoisotopic (exact) mass is 1510 g/mol. The molecule has 1 spiro atoms. The first kappa shape index (κ1) is 84.6. The van der Waals surface area contributed by atoms with Crippen LogP contribution >= 0.6 is 11.6 Å². The fourth-order valence-corrected chi connectivity index (χ4v) is 16.9. The standard InChI is InChI=1S/C71H109ClF8N12O12/c1-12-30-91-52(34-43-19-23-45(24-20-43)70(75,76)77)64(101)86(8)37-54(93)81-48(26-22-42-21-25-46(47(72)33-42)71(78,79)80)63(100)92-39-69(73,74)36-53(92)60(97)84-68(28-16-29-68)67(104)89(11)58(44-17-14-15-18-44)61(98)82-49(62(99)85(6)7)35-55(94)88(10)51(32-40(3)4)59(96)83-57(41(5)13-2)66(103)87(9)38-56(95)90-31-27-50(90)65(91)102/h40-53,57-58H,12-39H2,1-11H3,(H,81,93)(H,82,98)(H,83,96)(H,84,97)/t41-,42?,43?,45?,46?,47?,48-,49-,50-,51-,52-,53-,57-,58-/m0/s1. The third kappa shape index (κ3) is 20.5. The van der Waals surface area contributed by atoms with E-state index in [1.165, 1.54) is 52.1 Å². The largest absolute Gasteiger partial charge is 0.393 e. The third-order valence-corrected chi connectivity index (χ3v) is 23.4. The molecule has 3 aliphatic heterocycles. The van der Waals surface area contributed by atoms with Crippen molar-refractivity contribution >= 4 is 82.5 Å². The molecule has 0 radical (unpaired) electrons. The lowest BCUT2D eigenvalue weighted by atomic mass is 9.74. The van der Waals surface area contributed by atoms with Gasteiger partial charge in [0.2, 0.25) is 70.9 Å². The number of hydrogen-bond acceptors (Lipinski definition) is 12. The molecule has 12 amide bonds. The van der Waals surface area contributed by atoms with Crippen LogP contribution in [-0.2, 0) is 57.5 Å². The first-order valence-electron chi connectivity index (χ1n) is 37.1.